The standard InChI is InChI=1S/C27H27NO5/c1-2-33-26(31)19-9-7-18(8-10-19)21-11-12-24(23-6-4-3-5-22(21)23)25(30)28-13-20-14-32-17-27(20,15-28)16-29/h3-12,20,29H,2,13-17H2,1H3/t20-,27-/m0/s1. The van der Waals surface area contributed by atoms with E-state index in [0.717, 1.165) is 21.9 Å². The van der Waals surface area contributed by atoms with Crippen molar-refractivity contribution < 1.29 is 24.2 Å². The zero-order valence-corrected chi connectivity index (χ0v) is 18.6. The summed E-state index contributed by atoms with van der Waals surface area (Å²) in [5.41, 5.74) is 2.79. The first-order chi connectivity index (χ1) is 16.1. The molecule has 170 valence electrons. The second kappa shape index (κ2) is 8.61. The number of hydrogen-bond acceptors (Lipinski definition) is 5. The van der Waals surface area contributed by atoms with Gasteiger partial charge in [0.25, 0.3) is 5.91 Å². The fraction of sp³-hybridized carbons (Fsp3) is 0.333. The van der Waals surface area contributed by atoms with E-state index in [1.807, 2.05) is 53.4 Å². The zero-order chi connectivity index (χ0) is 23.0. The Morgan fingerprint density at radius 1 is 1.09 bits per heavy atom. The number of aliphatic hydroxyl groups is 1. The maximum Gasteiger partial charge on any atom is 0.338 e. The van der Waals surface area contributed by atoms with Gasteiger partial charge in [0.05, 0.1) is 32.0 Å². The molecular weight excluding hydrogens is 418 g/mol. The number of fused-ring (bicyclic) bond motifs is 2. The Kier molecular flexibility index (Phi) is 5.64. The van der Waals surface area contributed by atoms with Gasteiger partial charge in [-0.2, -0.15) is 0 Å². The largest absolute Gasteiger partial charge is 0.462 e. The molecule has 2 aliphatic rings. The second-order valence-corrected chi connectivity index (χ2v) is 8.92. The van der Waals surface area contributed by atoms with Crippen molar-refractivity contribution in [3.63, 3.8) is 0 Å². The highest BCUT2D eigenvalue weighted by Gasteiger charge is 2.51. The van der Waals surface area contributed by atoms with E-state index in [9.17, 15) is 14.7 Å². The first-order valence-corrected chi connectivity index (χ1v) is 11.3. The van der Waals surface area contributed by atoms with Gasteiger partial charge in [-0.25, -0.2) is 4.79 Å². The lowest BCUT2D eigenvalue weighted by Crippen LogP contribution is -2.36. The molecule has 0 radical (unpaired) electrons. The van der Waals surface area contributed by atoms with Crippen LogP contribution < -0.4 is 0 Å². The van der Waals surface area contributed by atoms with Crippen LogP contribution in [0.1, 0.15) is 27.6 Å². The third kappa shape index (κ3) is 3.69. The topological polar surface area (TPSA) is 76.1 Å². The smallest absolute Gasteiger partial charge is 0.338 e. The SMILES string of the molecule is CCOC(=O)c1ccc(-c2ccc(C(=O)N3C[C@H]4COC[C@@]4(CO)C3)c3ccccc23)cc1. The predicted octanol–water partition coefficient (Wildman–Crippen LogP) is 3.76. The van der Waals surface area contributed by atoms with Gasteiger partial charge in [0, 0.05) is 30.0 Å². The van der Waals surface area contributed by atoms with Crippen LogP contribution in [0.4, 0.5) is 0 Å². The molecule has 3 aromatic rings. The van der Waals surface area contributed by atoms with Crippen LogP contribution in [0, 0.1) is 11.3 Å². The Morgan fingerprint density at radius 3 is 2.55 bits per heavy atom. The highest BCUT2D eigenvalue weighted by Crippen LogP contribution is 2.42. The van der Waals surface area contributed by atoms with Crippen LogP contribution in [-0.4, -0.2) is 61.4 Å². The molecule has 33 heavy (non-hydrogen) atoms. The summed E-state index contributed by atoms with van der Waals surface area (Å²) in [4.78, 5) is 27.4. The summed E-state index contributed by atoms with van der Waals surface area (Å²) >= 11 is 0. The number of esters is 1. The highest BCUT2D eigenvalue weighted by molar-refractivity contribution is 6.11. The van der Waals surface area contributed by atoms with Gasteiger partial charge in [-0.05, 0) is 47.0 Å². The third-order valence-electron chi connectivity index (χ3n) is 6.98. The maximum absolute atomic E-state index is 13.5. The number of ether oxygens (including phenoxy) is 2. The molecule has 0 spiro atoms. The van der Waals surface area contributed by atoms with E-state index >= 15 is 0 Å². The lowest BCUT2D eigenvalue weighted by molar-refractivity contribution is 0.0525. The lowest BCUT2D eigenvalue weighted by Gasteiger charge is -2.24. The molecule has 3 aromatic carbocycles. The van der Waals surface area contributed by atoms with Crippen LogP contribution in [-0.2, 0) is 9.47 Å². The number of nitrogens with zero attached hydrogens (tertiary/aromatic N) is 1. The number of amides is 1. The fourth-order valence-electron chi connectivity index (χ4n) is 5.12. The molecule has 6 nitrogen and oxygen atoms in total. The van der Waals surface area contributed by atoms with Crippen LogP contribution in [0.2, 0.25) is 0 Å². The van der Waals surface area contributed by atoms with Gasteiger partial charge in [0.1, 0.15) is 0 Å². The van der Waals surface area contributed by atoms with Crippen molar-refractivity contribution >= 4 is 22.6 Å². The number of carbonyl (C=O) groups is 2. The molecule has 0 aromatic heterocycles. The number of rotatable bonds is 5. The minimum absolute atomic E-state index is 0.0161. The van der Waals surface area contributed by atoms with Gasteiger partial charge in [-0.15, -0.1) is 0 Å². The lowest BCUT2D eigenvalue weighted by atomic mass is 9.82. The minimum Gasteiger partial charge on any atom is -0.462 e. The van der Waals surface area contributed by atoms with Gasteiger partial charge >= 0.3 is 5.97 Å². The summed E-state index contributed by atoms with van der Waals surface area (Å²) in [7, 11) is 0. The van der Waals surface area contributed by atoms with Crippen LogP contribution >= 0.6 is 0 Å². The summed E-state index contributed by atoms with van der Waals surface area (Å²) in [6.07, 6.45) is 0. The van der Waals surface area contributed by atoms with E-state index in [1.165, 1.54) is 0 Å². The number of likely N-dealkylation sites (tertiary alicyclic amines) is 1. The van der Waals surface area contributed by atoms with Crippen LogP contribution in [0.5, 0.6) is 0 Å². The summed E-state index contributed by atoms with van der Waals surface area (Å²) in [6.45, 7) is 4.36. The normalized spacial score (nSPS) is 21.9. The Bertz CT molecular complexity index is 1200. The average molecular weight is 446 g/mol. The highest BCUT2D eigenvalue weighted by atomic mass is 16.5. The number of aliphatic hydroxyl groups excluding tert-OH is 1. The van der Waals surface area contributed by atoms with Crippen LogP contribution in [0.15, 0.2) is 60.7 Å². The number of carbonyl (C=O) groups excluding carboxylic acids is 2. The Labute approximate surface area is 192 Å². The molecule has 0 bridgehead atoms. The summed E-state index contributed by atoms with van der Waals surface area (Å²) in [5, 5.41) is 11.8. The first kappa shape index (κ1) is 21.6. The molecule has 2 aliphatic heterocycles. The van der Waals surface area contributed by atoms with E-state index in [4.69, 9.17) is 9.47 Å². The fourth-order valence-corrected chi connectivity index (χ4v) is 5.12. The maximum atomic E-state index is 13.5. The van der Waals surface area contributed by atoms with Crippen molar-refractivity contribution in [2.75, 3.05) is 39.5 Å². The van der Waals surface area contributed by atoms with E-state index in [2.05, 4.69) is 0 Å². The van der Waals surface area contributed by atoms with Gasteiger partial charge in [-0.3, -0.25) is 4.79 Å². The molecule has 2 heterocycles. The predicted molar refractivity (Wildman–Crippen MR) is 125 cm³/mol. The summed E-state index contributed by atoms with van der Waals surface area (Å²) in [5.74, 6) is -0.177. The van der Waals surface area contributed by atoms with Crippen molar-refractivity contribution in [3.8, 4) is 11.1 Å². The Balaban J connectivity index is 1.48. The molecule has 5 rings (SSSR count). The second-order valence-electron chi connectivity index (χ2n) is 8.92. The Hall–Kier alpha value is -3.22. The van der Waals surface area contributed by atoms with Crippen molar-refractivity contribution in [3.05, 3.63) is 71.8 Å². The van der Waals surface area contributed by atoms with E-state index < -0.39 is 0 Å². The summed E-state index contributed by atoms with van der Waals surface area (Å²) in [6, 6.07) is 19.1. The molecule has 2 saturated heterocycles. The quantitative estimate of drug-likeness (QED) is 0.605. The molecule has 0 saturated carbocycles. The summed E-state index contributed by atoms with van der Waals surface area (Å²) < 4.78 is 10.7. The molecule has 1 N–H and O–H groups in total. The molecule has 0 unspecified atom stereocenters. The minimum atomic E-state index is -0.341. The molecule has 0 aliphatic carbocycles. The molecular formula is C27H27NO5. The van der Waals surface area contributed by atoms with E-state index in [-0.39, 0.29) is 29.8 Å². The number of benzene rings is 3. The molecule has 2 atom stereocenters. The molecule has 2 fully saturated rings. The Morgan fingerprint density at radius 2 is 1.85 bits per heavy atom. The van der Waals surface area contributed by atoms with Crippen LogP contribution in [0.25, 0.3) is 21.9 Å². The van der Waals surface area contributed by atoms with Crippen molar-refractivity contribution in [1.82, 2.24) is 4.90 Å². The van der Waals surface area contributed by atoms with Gasteiger partial charge < -0.3 is 19.5 Å². The zero-order valence-electron chi connectivity index (χ0n) is 18.6. The number of hydrogen-bond donors (Lipinski definition) is 1. The van der Waals surface area contributed by atoms with Crippen LogP contribution in [0.3, 0.4) is 0 Å². The third-order valence-corrected chi connectivity index (χ3v) is 6.98. The van der Waals surface area contributed by atoms with Crippen molar-refractivity contribution in [2.45, 2.75) is 6.92 Å². The van der Waals surface area contributed by atoms with Gasteiger partial charge in [0.15, 0.2) is 0 Å². The molecule has 1 amide bonds. The molecule has 6 heteroatoms. The van der Waals surface area contributed by atoms with Gasteiger partial charge in [0.2, 0.25) is 0 Å². The van der Waals surface area contributed by atoms with Crippen molar-refractivity contribution in [2.24, 2.45) is 11.3 Å². The van der Waals surface area contributed by atoms with E-state index in [0.29, 0.717) is 44.0 Å². The van der Waals surface area contributed by atoms with Gasteiger partial charge in [-0.1, -0.05) is 42.5 Å². The average Bonchev–Trinajstić information content (AvgIpc) is 3.41. The van der Waals surface area contributed by atoms with Crippen molar-refractivity contribution in [1.29, 1.82) is 0 Å². The monoisotopic (exact) mass is 445 g/mol. The van der Waals surface area contributed by atoms with E-state index in [1.54, 1.807) is 19.1 Å². The first-order valence-electron chi connectivity index (χ1n) is 11.3.